The van der Waals surface area contributed by atoms with Crippen molar-refractivity contribution in [1.82, 2.24) is 4.98 Å². The van der Waals surface area contributed by atoms with Crippen LogP contribution in [0.25, 0.3) is 6.08 Å². The first-order valence-corrected chi connectivity index (χ1v) is 17.2. The van der Waals surface area contributed by atoms with Gasteiger partial charge < -0.3 is 0 Å². The molecule has 2 N–H and O–H groups in total. The first-order chi connectivity index (χ1) is 11.1. The van der Waals surface area contributed by atoms with Gasteiger partial charge in [-0.2, -0.15) is 0 Å². The average molecular weight is 423 g/mol. The molecule has 0 bridgehead atoms. The van der Waals surface area contributed by atoms with Crippen LogP contribution in [0.3, 0.4) is 0 Å². The van der Waals surface area contributed by atoms with Crippen LogP contribution >= 0.6 is 0 Å². The van der Waals surface area contributed by atoms with Crippen molar-refractivity contribution in [2.24, 2.45) is 0 Å². The van der Waals surface area contributed by atoms with E-state index in [9.17, 15) is 0 Å². The van der Waals surface area contributed by atoms with Gasteiger partial charge in [-0.05, 0) is 0 Å². The Bertz CT molecular complexity index is 461. The molecule has 0 fully saturated rings. The number of hydrogen-bond donors (Lipinski definition) is 1. The molecule has 0 aliphatic carbocycles. The molecule has 0 aliphatic heterocycles. The maximum absolute atomic E-state index is 5.83. The van der Waals surface area contributed by atoms with Gasteiger partial charge in [0.2, 0.25) is 0 Å². The molecule has 23 heavy (non-hydrogen) atoms. The number of anilines is 1. The number of hydrogen-bond acceptors (Lipinski definition) is 2. The summed E-state index contributed by atoms with van der Waals surface area (Å²) in [6, 6.07) is 2.04. The fourth-order valence-corrected chi connectivity index (χ4v) is 17.3. The van der Waals surface area contributed by atoms with E-state index < -0.39 is 18.4 Å². The second-order valence-corrected chi connectivity index (χ2v) is 20.0. The van der Waals surface area contributed by atoms with Crippen molar-refractivity contribution in [1.29, 1.82) is 0 Å². The number of nitrogens with zero attached hydrogens (tertiary/aromatic N) is 1. The van der Waals surface area contributed by atoms with Crippen molar-refractivity contribution >= 4 is 30.1 Å². The molecule has 3 heteroatoms. The molecule has 0 saturated heterocycles. The number of pyridine rings is 1. The van der Waals surface area contributed by atoms with E-state index in [1.807, 2.05) is 6.07 Å². The minimum atomic E-state index is -2.19. The Labute approximate surface area is 147 Å². The Morgan fingerprint density at radius 1 is 1.00 bits per heavy atom. The molecule has 1 aromatic rings. The molecular weight excluding hydrogens is 387 g/mol. The summed E-state index contributed by atoms with van der Waals surface area (Å²) in [6.45, 7) is 9.09. The van der Waals surface area contributed by atoms with Crippen molar-refractivity contribution in [3.8, 4) is 0 Å². The Balaban J connectivity index is 3.00. The van der Waals surface area contributed by atoms with Gasteiger partial charge in [0.1, 0.15) is 0 Å². The summed E-state index contributed by atoms with van der Waals surface area (Å²) in [4.78, 5) is 4.54. The molecule has 0 radical (unpaired) electrons. The van der Waals surface area contributed by atoms with Gasteiger partial charge in [-0.15, -0.1) is 0 Å². The van der Waals surface area contributed by atoms with Gasteiger partial charge in [0.15, 0.2) is 0 Å². The number of unbranched alkanes of at least 4 members (excludes halogenated alkanes) is 3. The molecule has 0 saturated carbocycles. The Kier molecular flexibility index (Phi) is 9.92. The van der Waals surface area contributed by atoms with Crippen LogP contribution < -0.4 is 5.73 Å². The molecule has 0 aromatic carbocycles. The third-order valence-corrected chi connectivity index (χ3v) is 18.9. The minimum absolute atomic E-state index is 0.761. The molecule has 0 atom stereocenters. The third-order valence-electron chi connectivity index (χ3n) is 4.82. The van der Waals surface area contributed by atoms with Crippen molar-refractivity contribution in [3.63, 3.8) is 0 Å². The molecule has 1 rings (SSSR count). The normalized spacial score (nSPS) is 12.2. The summed E-state index contributed by atoms with van der Waals surface area (Å²) in [5.41, 5.74) is 8.91. The molecule has 130 valence electrons. The number of aryl methyl sites for hydroxylation is 1. The SMILES string of the molecule is CCC[CH2][Sn](/[CH]=C/c1ncc(N)cc1C)([CH2]CCC)[CH2]CCC. The van der Waals surface area contributed by atoms with Gasteiger partial charge in [0.25, 0.3) is 0 Å². The second-order valence-electron chi connectivity index (χ2n) is 6.98. The number of rotatable bonds is 11. The molecule has 1 heterocycles. The zero-order valence-corrected chi connectivity index (χ0v) is 18.6. The number of nitrogens with two attached hydrogens (primary N) is 1. The van der Waals surface area contributed by atoms with Gasteiger partial charge in [0.05, 0.1) is 0 Å². The van der Waals surface area contributed by atoms with E-state index in [-0.39, 0.29) is 0 Å². The topological polar surface area (TPSA) is 38.9 Å². The van der Waals surface area contributed by atoms with E-state index in [0.29, 0.717) is 0 Å². The summed E-state index contributed by atoms with van der Waals surface area (Å²) in [5, 5.41) is 0. The summed E-state index contributed by atoms with van der Waals surface area (Å²) in [7, 11) is 0. The number of aromatic nitrogens is 1. The van der Waals surface area contributed by atoms with Crippen LogP contribution in [0.15, 0.2) is 16.4 Å². The van der Waals surface area contributed by atoms with Crippen LogP contribution in [0.5, 0.6) is 0 Å². The molecule has 2 nitrogen and oxygen atoms in total. The van der Waals surface area contributed by atoms with Crippen LogP contribution in [0.4, 0.5) is 5.69 Å². The first kappa shape index (κ1) is 20.5. The van der Waals surface area contributed by atoms with Gasteiger partial charge in [-0.1, -0.05) is 0 Å². The fourth-order valence-electron chi connectivity index (χ4n) is 3.25. The van der Waals surface area contributed by atoms with E-state index in [1.54, 1.807) is 6.20 Å². The summed E-state index contributed by atoms with van der Waals surface area (Å²) in [6.07, 6.45) is 12.3. The van der Waals surface area contributed by atoms with Crippen LogP contribution in [0.1, 0.15) is 70.6 Å². The van der Waals surface area contributed by atoms with Crippen molar-refractivity contribution in [2.75, 3.05) is 5.73 Å². The van der Waals surface area contributed by atoms with Crippen LogP contribution in [0.2, 0.25) is 13.3 Å². The number of nitrogen functional groups attached to an aromatic ring is 1. The summed E-state index contributed by atoms with van der Waals surface area (Å²) >= 11 is -2.19. The standard InChI is InChI=1S/C8H9N2.3C4H9.Sn/c1-3-8-6(2)4-7(9)5-10-8;3*1-3-4-2;/h1,3-5H,9H2,2H3;3*1,3-4H2,2H3;. The van der Waals surface area contributed by atoms with Gasteiger partial charge in [-0.25, -0.2) is 0 Å². The Morgan fingerprint density at radius 3 is 1.96 bits per heavy atom. The molecular formula is C20H36N2Sn. The van der Waals surface area contributed by atoms with Crippen molar-refractivity contribution < 1.29 is 0 Å². The van der Waals surface area contributed by atoms with E-state index in [4.69, 9.17) is 5.73 Å². The predicted molar refractivity (Wildman–Crippen MR) is 107 cm³/mol. The van der Waals surface area contributed by atoms with Crippen LogP contribution in [0, 0.1) is 6.92 Å². The second kappa shape index (κ2) is 11.1. The third kappa shape index (κ3) is 7.28. The zero-order valence-electron chi connectivity index (χ0n) is 15.7. The van der Waals surface area contributed by atoms with E-state index in [0.717, 1.165) is 11.4 Å². The Hall–Kier alpha value is -0.511. The fraction of sp³-hybridized carbons (Fsp3) is 0.650. The van der Waals surface area contributed by atoms with Gasteiger partial charge in [-0.3, -0.25) is 0 Å². The molecule has 0 amide bonds. The molecule has 0 aliphatic rings. The molecule has 0 spiro atoms. The first-order valence-electron chi connectivity index (χ1n) is 9.48. The van der Waals surface area contributed by atoms with E-state index in [2.05, 4.69) is 42.8 Å². The maximum atomic E-state index is 5.83. The zero-order chi connectivity index (χ0) is 17.1. The summed E-state index contributed by atoms with van der Waals surface area (Å²) < 4.78 is 7.21. The van der Waals surface area contributed by atoms with Crippen molar-refractivity contribution in [2.45, 2.75) is 79.5 Å². The van der Waals surface area contributed by atoms with Gasteiger partial charge in [0, 0.05) is 0 Å². The Morgan fingerprint density at radius 2 is 1.52 bits per heavy atom. The van der Waals surface area contributed by atoms with Crippen molar-refractivity contribution in [3.05, 3.63) is 27.6 Å². The van der Waals surface area contributed by atoms with Gasteiger partial charge >= 0.3 is 148 Å². The van der Waals surface area contributed by atoms with E-state index in [1.165, 1.54) is 57.4 Å². The molecule has 0 unspecified atom stereocenters. The molecule has 1 aromatic heterocycles. The van der Waals surface area contributed by atoms with Crippen LogP contribution in [-0.2, 0) is 0 Å². The average Bonchev–Trinajstić information content (AvgIpc) is 2.55. The van der Waals surface area contributed by atoms with E-state index >= 15 is 0 Å². The summed E-state index contributed by atoms with van der Waals surface area (Å²) in [5.74, 6) is 0. The monoisotopic (exact) mass is 424 g/mol. The quantitative estimate of drug-likeness (QED) is 0.420. The predicted octanol–water partition coefficient (Wildman–Crippen LogP) is 6.37. The van der Waals surface area contributed by atoms with Crippen LogP contribution in [-0.4, -0.2) is 23.4 Å².